The van der Waals surface area contributed by atoms with Gasteiger partial charge in [0.25, 0.3) is 0 Å². The van der Waals surface area contributed by atoms with E-state index in [1.165, 1.54) is 12.2 Å². The highest BCUT2D eigenvalue weighted by Crippen LogP contribution is 2.27. The van der Waals surface area contributed by atoms with Crippen molar-refractivity contribution < 1.29 is 9.59 Å². The van der Waals surface area contributed by atoms with E-state index in [9.17, 15) is 9.59 Å². The van der Waals surface area contributed by atoms with Crippen LogP contribution in [0.1, 0.15) is 23.5 Å². The SMILES string of the molecule is Cc1ccccc1C1CC(=O)C=CC1=O. The van der Waals surface area contributed by atoms with Crippen molar-refractivity contribution in [2.24, 2.45) is 0 Å². The molecule has 0 bridgehead atoms. The van der Waals surface area contributed by atoms with E-state index in [-0.39, 0.29) is 17.5 Å². The first-order chi connectivity index (χ1) is 7.18. The third-order valence-corrected chi connectivity index (χ3v) is 2.75. The lowest BCUT2D eigenvalue weighted by Crippen LogP contribution is -2.19. The first kappa shape index (κ1) is 9.84. The van der Waals surface area contributed by atoms with Crippen LogP contribution in [0.2, 0.25) is 0 Å². The Labute approximate surface area is 88.6 Å². The Balaban J connectivity index is 2.40. The van der Waals surface area contributed by atoms with Crippen molar-refractivity contribution in [2.45, 2.75) is 19.3 Å². The summed E-state index contributed by atoms with van der Waals surface area (Å²) >= 11 is 0. The molecule has 0 radical (unpaired) electrons. The summed E-state index contributed by atoms with van der Waals surface area (Å²) in [4.78, 5) is 22.9. The maximum atomic E-state index is 11.7. The zero-order valence-corrected chi connectivity index (χ0v) is 8.57. The van der Waals surface area contributed by atoms with E-state index in [2.05, 4.69) is 0 Å². The van der Waals surface area contributed by atoms with Crippen molar-refractivity contribution in [2.75, 3.05) is 0 Å². The number of ketones is 2. The average Bonchev–Trinajstić information content (AvgIpc) is 2.23. The molecule has 0 N–H and O–H groups in total. The molecule has 0 saturated heterocycles. The first-order valence-electron chi connectivity index (χ1n) is 4.99. The molecular weight excluding hydrogens is 188 g/mol. The molecule has 0 aromatic heterocycles. The molecular formula is C13H12O2. The van der Waals surface area contributed by atoms with Crippen molar-refractivity contribution in [3.63, 3.8) is 0 Å². The van der Waals surface area contributed by atoms with Crippen LogP contribution in [-0.4, -0.2) is 11.6 Å². The molecule has 1 aliphatic carbocycles. The van der Waals surface area contributed by atoms with Gasteiger partial charge in [-0.25, -0.2) is 0 Å². The fourth-order valence-electron chi connectivity index (χ4n) is 1.90. The molecule has 1 aromatic carbocycles. The Morgan fingerprint density at radius 3 is 2.60 bits per heavy atom. The summed E-state index contributed by atoms with van der Waals surface area (Å²) in [7, 11) is 0. The Hall–Kier alpha value is -1.70. The molecule has 15 heavy (non-hydrogen) atoms. The topological polar surface area (TPSA) is 34.1 Å². The number of hydrogen-bond donors (Lipinski definition) is 0. The highest BCUT2D eigenvalue weighted by Gasteiger charge is 2.25. The van der Waals surface area contributed by atoms with Crippen LogP contribution in [0.5, 0.6) is 0 Å². The average molecular weight is 200 g/mol. The second-order valence-electron chi connectivity index (χ2n) is 3.82. The maximum absolute atomic E-state index is 11.7. The Bertz CT molecular complexity index is 444. The number of carbonyl (C=O) groups is 2. The van der Waals surface area contributed by atoms with Crippen molar-refractivity contribution >= 4 is 11.6 Å². The molecule has 1 unspecified atom stereocenters. The number of benzene rings is 1. The van der Waals surface area contributed by atoms with E-state index >= 15 is 0 Å². The van der Waals surface area contributed by atoms with Crippen LogP contribution < -0.4 is 0 Å². The molecule has 0 saturated carbocycles. The summed E-state index contributed by atoms with van der Waals surface area (Å²) in [6.07, 6.45) is 3.07. The standard InChI is InChI=1S/C13H12O2/c1-9-4-2-3-5-11(9)12-8-10(14)6-7-13(12)15/h2-7,12H,8H2,1H3. The van der Waals surface area contributed by atoms with Gasteiger partial charge in [-0.3, -0.25) is 9.59 Å². The molecule has 0 aliphatic heterocycles. The van der Waals surface area contributed by atoms with Gasteiger partial charge in [0, 0.05) is 6.42 Å². The van der Waals surface area contributed by atoms with Crippen LogP contribution in [0.3, 0.4) is 0 Å². The van der Waals surface area contributed by atoms with Gasteiger partial charge in [-0.15, -0.1) is 0 Å². The minimum atomic E-state index is -0.274. The summed E-state index contributed by atoms with van der Waals surface area (Å²) in [5, 5.41) is 0. The largest absolute Gasteiger partial charge is 0.295 e. The van der Waals surface area contributed by atoms with E-state index in [4.69, 9.17) is 0 Å². The third-order valence-electron chi connectivity index (χ3n) is 2.75. The summed E-state index contributed by atoms with van der Waals surface area (Å²) in [6.45, 7) is 1.96. The van der Waals surface area contributed by atoms with E-state index < -0.39 is 0 Å². The van der Waals surface area contributed by atoms with Crippen LogP contribution in [0.4, 0.5) is 0 Å². The molecule has 2 heteroatoms. The van der Waals surface area contributed by atoms with E-state index in [1.807, 2.05) is 31.2 Å². The Morgan fingerprint density at radius 1 is 1.13 bits per heavy atom. The minimum absolute atomic E-state index is 0.0304. The smallest absolute Gasteiger partial charge is 0.163 e. The molecule has 0 amide bonds. The lowest BCUT2D eigenvalue weighted by atomic mass is 9.84. The van der Waals surface area contributed by atoms with Crippen LogP contribution in [0, 0.1) is 6.92 Å². The van der Waals surface area contributed by atoms with Gasteiger partial charge in [0.05, 0.1) is 5.92 Å². The van der Waals surface area contributed by atoms with Gasteiger partial charge in [0.15, 0.2) is 11.6 Å². The van der Waals surface area contributed by atoms with Gasteiger partial charge in [-0.2, -0.15) is 0 Å². The molecule has 2 rings (SSSR count). The number of aryl methyl sites for hydroxylation is 1. The van der Waals surface area contributed by atoms with Crippen LogP contribution in [0.15, 0.2) is 36.4 Å². The number of allylic oxidation sites excluding steroid dienone is 2. The highest BCUT2D eigenvalue weighted by molar-refractivity contribution is 6.08. The van der Waals surface area contributed by atoms with Crippen molar-refractivity contribution in [1.29, 1.82) is 0 Å². The van der Waals surface area contributed by atoms with E-state index in [1.54, 1.807) is 0 Å². The van der Waals surface area contributed by atoms with Crippen molar-refractivity contribution in [1.82, 2.24) is 0 Å². The lowest BCUT2D eigenvalue weighted by Gasteiger charge is -2.17. The van der Waals surface area contributed by atoms with Crippen LogP contribution in [0.25, 0.3) is 0 Å². The quantitative estimate of drug-likeness (QED) is 0.696. The third kappa shape index (κ3) is 1.89. The fourth-order valence-corrected chi connectivity index (χ4v) is 1.90. The van der Waals surface area contributed by atoms with Gasteiger partial charge >= 0.3 is 0 Å². The summed E-state index contributed by atoms with van der Waals surface area (Å²) in [6, 6.07) is 7.72. The maximum Gasteiger partial charge on any atom is 0.163 e. The first-order valence-corrected chi connectivity index (χ1v) is 4.99. The summed E-state index contributed by atoms with van der Waals surface area (Å²) in [5.41, 5.74) is 2.04. The highest BCUT2D eigenvalue weighted by atomic mass is 16.1. The molecule has 1 aromatic rings. The van der Waals surface area contributed by atoms with E-state index in [0.29, 0.717) is 6.42 Å². The van der Waals surface area contributed by atoms with Gasteiger partial charge in [-0.05, 0) is 30.2 Å². The van der Waals surface area contributed by atoms with Crippen LogP contribution >= 0.6 is 0 Å². The summed E-state index contributed by atoms with van der Waals surface area (Å²) < 4.78 is 0. The second-order valence-corrected chi connectivity index (χ2v) is 3.82. The zero-order valence-electron chi connectivity index (χ0n) is 8.57. The molecule has 0 heterocycles. The number of carbonyl (C=O) groups excluding carboxylic acids is 2. The molecule has 1 aliphatic rings. The van der Waals surface area contributed by atoms with E-state index in [0.717, 1.165) is 11.1 Å². The monoisotopic (exact) mass is 200 g/mol. The normalized spacial score (nSPS) is 20.7. The molecule has 0 spiro atoms. The van der Waals surface area contributed by atoms with Gasteiger partial charge in [0.1, 0.15) is 0 Å². The Kier molecular flexibility index (Phi) is 2.50. The van der Waals surface area contributed by atoms with Gasteiger partial charge in [0.2, 0.25) is 0 Å². The van der Waals surface area contributed by atoms with Gasteiger partial charge in [-0.1, -0.05) is 24.3 Å². The predicted molar refractivity (Wildman–Crippen MR) is 57.7 cm³/mol. The van der Waals surface area contributed by atoms with Crippen molar-refractivity contribution in [3.8, 4) is 0 Å². The minimum Gasteiger partial charge on any atom is -0.295 e. The van der Waals surface area contributed by atoms with Crippen molar-refractivity contribution in [3.05, 3.63) is 47.5 Å². The second kappa shape index (κ2) is 3.81. The predicted octanol–water partition coefficient (Wildman–Crippen LogP) is 2.18. The number of rotatable bonds is 1. The van der Waals surface area contributed by atoms with Crippen LogP contribution in [-0.2, 0) is 9.59 Å². The Morgan fingerprint density at radius 2 is 1.87 bits per heavy atom. The van der Waals surface area contributed by atoms with Gasteiger partial charge < -0.3 is 0 Å². The zero-order chi connectivity index (χ0) is 10.8. The lowest BCUT2D eigenvalue weighted by molar-refractivity contribution is -0.122. The molecule has 76 valence electrons. The summed E-state index contributed by atoms with van der Waals surface area (Å²) in [5.74, 6) is -0.213. The molecule has 2 nitrogen and oxygen atoms in total. The molecule has 0 fully saturated rings. The fraction of sp³-hybridized carbons (Fsp3) is 0.231. The molecule has 1 atom stereocenters. The number of hydrogen-bond acceptors (Lipinski definition) is 2.